The molecule has 0 N–H and O–H groups in total. The van der Waals surface area contributed by atoms with Crippen LogP contribution in [-0.2, 0) is 21.9 Å². The van der Waals surface area contributed by atoms with Crippen LogP contribution in [0.25, 0.3) is 0 Å². The molecule has 0 atom stereocenters. The van der Waals surface area contributed by atoms with Crippen molar-refractivity contribution in [2.45, 2.75) is 31.1 Å². The van der Waals surface area contributed by atoms with Crippen LogP contribution >= 0.6 is 11.8 Å². The van der Waals surface area contributed by atoms with E-state index in [0.717, 1.165) is 16.2 Å². The van der Waals surface area contributed by atoms with Crippen LogP contribution < -0.4 is 0 Å². The maximum atomic E-state index is 13.7. The lowest BCUT2D eigenvalue weighted by atomic mass is 10.1. The van der Waals surface area contributed by atoms with Crippen molar-refractivity contribution in [1.29, 1.82) is 0 Å². The standard InChI is InChI=1S/C17H17FO2S/c1-12-15(10-20-13(2)19)8-16(18)9-17(12)21-11-14-6-4-3-5-7-14/h3-9H,10-11H2,1-2H3. The van der Waals surface area contributed by atoms with E-state index in [2.05, 4.69) is 0 Å². The molecule has 0 amide bonds. The van der Waals surface area contributed by atoms with Crippen LogP contribution in [0, 0.1) is 12.7 Å². The molecule has 2 aromatic carbocycles. The molecule has 110 valence electrons. The third-order valence-electron chi connectivity index (χ3n) is 3.10. The van der Waals surface area contributed by atoms with Crippen LogP contribution in [0.15, 0.2) is 47.4 Å². The first-order valence-corrected chi connectivity index (χ1v) is 7.64. The van der Waals surface area contributed by atoms with E-state index in [1.165, 1.54) is 24.6 Å². The summed E-state index contributed by atoms with van der Waals surface area (Å²) in [6, 6.07) is 13.0. The summed E-state index contributed by atoms with van der Waals surface area (Å²) in [5.41, 5.74) is 2.85. The second kappa shape index (κ2) is 7.27. The van der Waals surface area contributed by atoms with Gasteiger partial charge in [-0.2, -0.15) is 0 Å². The molecule has 0 aliphatic rings. The summed E-state index contributed by atoms with van der Waals surface area (Å²) in [7, 11) is 0. The predicted molar refractivity (Wildman–Crippen MR) is 82.6 cm³/mol. The van der Waals surface area contributed by atoms with E-state index in [1.807, 2.05) is 37.3 Å². The zero-order valence-electron chi connectivity index (χ0n) is 12.1. The Balaban J connectivity index is 2.13. The summed E-state index contributed by atoms with van der Waals surface area (Å²) in [6.45, 7) is 3.38. The molecule has 0 heterocycles. The molecule has 0 unspecified atom stereocenters. The van der Waals surface area contributed by atoms with Crippen molar-refractivity contribution in [1.82, 2.24) is 0 Å². The lowest BCUT2D eigenvalue weighted by Crippen LogP contribution is -2.02. The molecule has 4 heteroatoms. The number of ether oxygens (including phenoxy) is 1. The third-order valence-corrected chi connectivity index (χ3v) is 4.31. The van der Waals surface area contributed by atoms with Gasteiger partial charge in [0.15, 0.2) is 0 Å². The first-order valence-electron chi connectivity index (χ1n) is 6.65. The molecule has 2 rings (SSSR count). The molecule has 0 fully saturated rings. The van der Waals surface area contributed by atoms with Gasteiger partial charge in [-0.05, 0) is 35.7 Å². The number of hydrogen-bond donors (Lipinski definition) is 0. The van der Waals surface area contributed by atoms with Crippen LogP contribution in [0.4, 0.5) is 4.39 Å². The van der Waals surface area contributed by atoms with Crippen molar-refractivity contribution < 1.29 is 13.9 Å². The van der Waals surface area contributed by atoms with Gasteiger partial charge < -0.3 is 4.74 Å². The smallest absolute Gasteiger partial charge is 0.302 e. The first kappa shape index (κ1) is 15.6. The number of thioether (sulfide) groups is 1. The van der Waals surface area contributed by atoms with Gasteiger partial charge >= 0.3 is 5.97 Å². The van der Waals surface area contributed by atoms with Crippen molar-refractivity contribution in [3.63, 3.8) is 0 Å². The molecule has 0 aliphatic heterocycles. The predicted octanol–water partition coefficient (Wildman–Crippen LogP) is 4.49. The monoisotopic (exact) mass is 304 g/mol. The molecule has 0 saturated heterocycles. The number of carbonyl (C=O) groups excluding carboxylic acids is 1. The van der Waals surface area contributed by atoms with E-state index in [0.29, 0.717) is 5.56 Å². The van der Waals surface area contributed by atoms with Crippen LogP contribution in [0.3, 0.4) is 0 Å². The molecule has 0 aromatic heterocycles. The third kappa shape index (κ3) is 4.60. The first-order chi connectivity index (χ1) is 10.1. The molecule has 0 bridgehead atoms. The topological polar surface area (TPSA) is 26.3 Å². The zero-order valence-corrected chi connectivity index (χ0v) is 12.9. The summed E-state index contributed by atoms with van der Waals surface area (Å²) < 4.78 is 18.7. The Morgan fingerprint density at radius 2 is 1.95 bits per heavy atom. The lowest BCUT2D eigenvalue weighted by molar-refractivity contribution is -0.142. The number of rotatable bonds is 5. The maximum absolute atomic E-state index is 13.7. The Morgan fingerprint density at radius 3 is 2.62 bits per heavy atom. The maximum Gasteiger partial charge on any atom is 0.302 e. The fraction of sp³-hybridized carbons (Fsp3) is 0.235. The van der Waals surface area contributed by atoms with Crippen LogP contribution in [0.1, 0.15) is 23.6 Å². The van der Waals surface area contributed by atoms with Gasteiger partial charge in [0.2, 0.25) is 0 Å². The number of benzene rings is 2. The van der Waals surface area contributed by atoms with Crippen LogP contribution in [0.2, 0.25) is 0 Å². The highest BCUT2D eigenvalue weighted by molar-refractivity contribution is 7.98. The number of halogens is 1. The van der Waals surface area contributed by atoms with Gasteiger partial charge in [0.1, 0.15) is 12.4 Å². The Labute approximate surface area is 128 Å². The molecular weight excluding hydrogens is 287 g/mol. The fourth-order valence-corrected chi connectivity index (χ4v) is 2.98. The number of hydrogen-bond acceptors (Lipinski definition) is 3. The quantitative estimate of drug-likeness (QED) is 0.601. The summed E-state index contributed by atoms with van der Waals surface area (Å²) >= 11 is 1.58. The molecular formula is C17H17FO2S. The summed E-state index contributed by atoms with van der Waals surface area (Å²) in [6.07, 6.45) is 0. The summed E-state index contributed by atoms with van der Waals surface area (Å²) in [5, 5.41) is 0. The van der Waals surface area contributed by atoms with Crippen LogP contribution in [-0.4, -0.2) is 5.97 Å². The molecule has 0 radical (unpaired) electrons. The van der Waals surface area contributed by atoms with E-state index in [-0.39, 0.29) is 18.4 Å². The zero-order chi connectivity index (χ0) is 15.2. The van der Waals surface area contributed by atoms with Gasteiger partial charge in [0, 0.05) is 17.6 Å². The van der Waals surface area contributed by atoms with Crippen LogP contribution in [0.5, 0.6) is 0 Å². The molecule has 0 spiro atoms. The SMILES string of the molecule is CC(=O)OCc1cc(F)cc(SCc2ccccc2)c1C. The van der Waals surface area contributed by atoms with Gasteiger partial charge in [-0.1, -0.05) is 30.3 Å². The number of esters is 1. The highest BCUT2D eigenvalue weighted by Crippen LogP contribution is 2.29. The van der Waals surface area contributed by atoms with Crippen molar-refractivity contribution >= 4 is 17.7 Å². The molecule has 0 aliphatic carbocycles. The second-order valence-electron chi connectivity index (χ2n) is 4.74. The normalized spacial score (nSPS) is 10.4. The molecule has 21 heavy (non-hydrogen) atoms. The van der Waals surface area contributed by atoms with Gasteiger partial charge in [-0.3, -0.25) is 4.79 Å². The minimum atomic E-state index is -0.364. The second-order valence-corrected chi connectivity index (χ2v) is 5.76. The van der Waals surface area contributed by atoms with E-state index < -0.39 is 0 Å². The van der Waals surface area contributed by atoms with Crippen molar-refractivity contribution in [3.05, 3.63) is 65.0 Å². The largest absolute Gasteiger partial charge is 0.461 e. The van der Waals surface area contributed by atoms with Gasteiger partial charge in [-0.25, -0.2) is 4.39 Å². The average molecular weight is 304 g/mol. The highest BCUT2D eigenvalue weighted by Gasteiger charge is 2.09. The highest BCUT2D eigenvalue weighted by atomic mass is 32.2. The minimum Gasteiger partial charge on any atom is -0.461 e. The van der Waals surface area contributed by atoms with Gasteiger partial charge in [0.05, 0.1) is 0 Å². The Kier molecular flexibility index (Phi) is 5.39. The van der Waals surface area contributed by atoms with E-state index >= 15 is 0 Å². The van der Waals surface area contributed by atoms with Crippen molar-refractivity contribution in [2.24, 2.45) is 0 Å². The van der Waals surface area contributed by atoms with E-state index in [4.69, 9.17) is 4.74 Å². The number of carbonyl (C=O) groups is 1. The average Bonchev–Trinajstić information content (AvgIpc) is 2.47. The summed E-state index contributed by atoms with van der Waals surface area (Å²) in [5.74, 6) is 0.105. The molecule has 2 nitrogen and oxygen atoms in total. The van der Waals surface area contributed by atoms with Crippen molar-refractivity contribution in [2.75, 3.05) is 0 Å². The van der Waals surface area contributed by atoms with E-state index in [9.17, 15) is 9.18 Å². The fourth-order valence-electron chi connectivity index (χ4n) is 1.92. The Hall–Kier alpha value is -1.81. The van der Waals surface area contributed by atoms with E-state index in [1.54, 1.807) is 11.8 Å². The summed E-state index contributed by atoms with van der Waals surface area (Å²) in [4.78, 5) is 11.8. The Morgan fingerprint density at radius 1 is 1.24 bits per heavy atom. The lowest BCUT2D eigenvalue weighted by Gasteiger charge is -2.12. The Bertz CT molecular complexity index is 626. The van der Waals surface area contributed by atoms with Gasteiger partial charge in [-0.15, -0.1) is 11.8 Å². The van der Waals surface area contributed by atoms with Crippen molar-refractivity contribution in [3.8, 4) is 0 Å². The minimum absolute atomic E-state index is 0.109. The molecule has 2 aromatic rings. The molecule has 0 saturated carbocycles. The van der Waals surface area contributed by atoms with Gasteiger partial charge in [0.25, 0.3) is 0 Å².